The second kappa shape index (κ2) is 8.20. The fourth-order valence-corrected chi connectivity index (χ4v) is 2.33. The summed E-state index contributed by atoms with van der Waals surface area (Å²) < 4.78 is 5.88. The number of hydrogen-bond donors (Lipinski definition) is 3. The molecule has 1 aromatic heterocycles. The highest BCUT2D eigenvalue weighted by molar-refractivity contribution is 9.10. The average molecular weight is 396 g/mol. The lowest BCUT2D eigenvalue weighted by Gasteiger charge is -2.03. The number of benzene rings is 1. The number of aromatic nitrogens is 3. The largest absolute Gasteiger partial charge is 0.496 e. The van der Waals surface area contributed by atoms with Gasteiger partial charge in [0.15, 0.2) is 0 Å². The van der Waals surface area contributed by atoms with Crippen molar-refractivity contribution in [1.82, 2.24) is 20.6 Å². The van der Waals surface area contributed by atoms with Crippen molar-refractivity contribution >= 4 is 28.1 Å². The molecule has 10 heteroatoms. The average Bonchev–Trinajstić information content (AvgIpc) is 2.54. The summed E-state index contributed by atoms with van der Waals surface area (Å²) in [5.41, 5.74) is 1.89. The summed E-state index contributed by atoms with van der Waals surface area (Å²) in [6, 6.07) is 5.34. The second-order valence-electron chi connectivity index (χ2n) is 4.64. The van der Waals surface area contributed by atoms with Crippen molar-refractivity contribution in [2.75, 3.05) is 7.11 Å². The molecule has 3 N–H and O–H groups in total. The van der Waals surface area contributed by atoms with Gasteiger partial charge in [-0.15, -0.1) is 0 Å². The fourth-order valence-electron chi connectivity index (χ4n) is 1.77. The van der Waals surface area contributed by atoms with Crippen molar-refractivity contribution in [3.8, 4) is 5.75 Å². The molecule has 0 bridgehead atoms. The normalized spacial score (nSPS) is 10.8. The van der Waals surface area contributed by atoms with Gasteiger partial charge in [-0.05, 0) is 39.7 Å². The molecule has 1 aromatic carbocycles. The highest BCUT2D eigenvalue weighted by atomic mass is 79.9. The van der Waals surface area contributed by atoms with Gasteiger partial charge in [0, 0.05) is 12.8 Å². The standard InChI is InChI=1S/C14H14BrN5O4/c1-24-11-4-2-8(6-9(11)15)7-16-19-12(21)5-3-10-13(22)17-14(23)20-18-10/h2,4,6-7H,3,5H2,1H3,(H,19,21)(H2,17,20,22,23)/b16-7+. The van der Waals surface area contributed by atoms with Crippen LogP contribution in [-0.4, -0.2) is 34.4 Å². The molecule has 0 aliphatic carbocycles. The third-order valence-corrected chi connectivity index (χ3v) is 3.57. The van der Waals surface area contributed by atoms with Crippen LogP contribution < -0.4 is 21.4 Å². The lowest BCUT2D eigenvalue weighted by molar-refractivity contribution is -0.121. The number of nitrogens with one attached hydrogen (secondary N) is 3. The Bertz CT molecular complexity index is 874. The summed E-state index contributed by atoms with van der Waals surface area (Å²) in [6.45, 7) is 0. The summed E-state index contributed by atoms with van der Waals surface area (Å²) in [6.07, 6.45) is 1.57. The van der Waals surface area contributed by atoms with Crippen LogP contribution in [0, 0.1) is 0 Å². The molecule has 2 aromatic rings. The van der Waals surface area contributed by atoms with E-state index >= 15 is 0 Å². The molecule has 0 fully saturated rings. The van der Waals surface area contributed by atoms with E-state index in [4.69, 9.17) is 4.74 Å². The summed E-state index contributed by atoms with van der Waals surface area (Å²) in [4.78, 5) is 36.0. The number of carbonyl (C=O) groups excluding carboxylic acids is 1. The van der Waals surface area contributed by atoms with E-state index in [9.17, 15) is 14.4 Å². The molecule has 0 aliphatic heterocycles. The van der Waals surface area contributed by atoms with E-state index in [1.807, 2.05) is 4.98 Å². The number of aryl methyl sites for hydroxylation is 1. The maximum atomic E-state index is 11.7. The molecule has 1 amide bonds. The predicted octanol–water partition coefficient (Wildman–Crippen LogP) is 0.312. The van der Waals surface area contributed by atoms with Crippen molar-refractivity contribution in [1.29, 1.82) is 0 Å². The number of H-pyrrole nitrogens is 2. The third-order valence-electron chi connectivity index (χ3n) is 2.95. The minimum Gasteiger partial charge on any atom is -0.496 e. The van der Waals surface area contributed by atoms with E-state index in [0.29, 0.717) is 5.75 Å². The van der Waals surface area contributed by atoms with E-state index in [0.717, 1.165) is 10.0 Å². The number of carbonyl (C=O) groups is 1. The van der Waals surface area contributed by atoms with Crippen LogP contribution in [0.4, 0.5) is 0 Å². The van der Waals surface area contributed by atoms with Gasteiger partial charge >= 0.3 is 5.69 Å². The van der Waals surface area contributed by atoms with E-state index in [2.05, 4.69) is 36.7 Å². The minimum atomic E-state index is -0.691. The Balaban J connectivity index is 1.87. The molecule has 24 heavy (non-hydrogen) atoms. The zero-order valence-corrected chi connectivity index (χ0v) is 14.2. The number of halogens is 1. The molecular formula is C14H14BrN5O4. The molecule has 126 valence electrons. The molecule has 0 saturated carbocycles. The minimum absolute atomic E-state index is 0.00572. The maximum Gasteiger partial charge on any atom is 0.342 e. The molecule has 0 saturated heterocycles. The zero-order valence-electron chi connectivity index (χ0n) is 12.6. The molecule has 1 heterocycles. The van der Waals surface area contributed by atoms with Crippen LogP contribution in [0.25, 0.3) is 0 Å². The summed E-state index contributed by atoms with van der Waals surface area (Å²) in [5, 5.41) is 9.53. The van der Waals surface area contributed by atoms with Crippen LogP contribution in [0.15, 0.2) is 37.4 Å². The summed E-state index contributed by atoms with van der Waals surface area (Å²) in [7, 11) is 1.57. The van der Waals surface area contributed by atoms with Crippen LogP contribution >= 0.6 is 15.9 Å². The summed E-state index contributed by atoms with van der Waals surface area (Å²) in [5.74, 6) is 0.307. The van der Waals surface area contributed by atoms with E-state index in [1.54, 1.807) is 25.3 Å². The number of hydrogen-bond acceptors (Lipinski definition) is 6. The Morgan fingerprint density at radius 2 is 2.25 bits per heavy atom. The van der Waals surface area contributed by atoms with Crippen molar-refractivity contribution in [2.24, 2.45) is 5.10 Å². The monoisotopic (exact) mass is 395 g/mol. The maximum absolute atomic E-state index is 11.7. The number of nitrogens with zero attached hydrogens (tertiary/aromatic N) is 2. The number of aromatic amines is 2. The smallest absolute Gasteiger partial charge is 0.342 e. The quantitative estimate of drug-likeness (QED) is 0.478. The zero-order chi connectivity index (χ0) is 17.5. The Labute approximate surface area is 144 Å². The van der Waals surface area contributed by atoms with Gasteiger partial charge < -0.3 is 4.74 Å². The van der Waals surface area contributed by atoms with Gasteiger partial charge in [0.05, 0.1) is 17.8 Å². The Kier molecular flexibility index (Phi) is 6.01. The molecule has 0 radical (unpaired) electrons. The first-order valence-electron chi connectivity index (χ1n) is 6.83. The van der Waals surface area contributed by atoms with E-state index in [1.165, 1.54) is 6.21 Å². The number of amides is 1. The number of rotatable bonds is 6. The lowest BCUT2D eigenvalue weighted by Crippen LogP contribution is -2.28. The molecule has 0 aliphatic rings. The molecular weight excluding hydrogens is 382 g/mol. The first-order chi connectivity index (χ1) is 11.5. The SMILES string of the molecule is COc1ccc(/C=N/NC(=O)CCc2n[nH]c(=O)[nH]c2=O)cc1Br. The Morgan fingerprint density at radius 1 is 1.46 bits per heavy atom. The van der Waals surface area contributed by atoms with E-state index < -0.39 is 11.2 Å². The number of hydrazone groups is 1. The fraction of sp³-hybridized carbons (Fsp3) is 0.214. The highest BCUT2D eigenvalue weighted by Gasteiger charge is 2.06. The van der Waals surface area contributed by atoms with Crippen molar-refractivity contribution in [3.63, 3.8) is 0 Å². The molecule has 0 spiro atoms. The first-order valence-corrected chi connectivity index (χ1v) is 7.62. The van der Waals surface area contributed by atoms with Crippen LogP contribution in [0.1, 0.15) is 17.7 Å². The summed E-state index contributed by atoms with van der Waals surface area (Å²) >= 11 is 3.35. The van der Waals surface area contributed by atoms with E-state index in [-0.39, 0.29) is 24.4 Å². The lowest BCUT2D eigenvalue weighted by atomic mass is 10.2. The van der Waals surface area contributed by atoms with Crippen LogP contribution in [0.5, 0.6) is 5.75 Å². The van der Waals surface area contributed by atoms with Crippen LogP contribution in [-0.2, 0) is 11.2 Å². The second-order valence-corrected chi connectivity index (χ2v) is 5.50. The topological polar surface area (TPSA) is 129 Å². The van der Waals surface area contributed by atoms with Gasteiger partial charge in [-0.3, -0.25) is 14.6 Å². The van der Waals surface area contributed by atoms with Gasteiger partial charge in [-0.25, -0.2) is 15.3 Å². The Morgan fingerprint density at radius 3 is 2.92 bits per heavy atom. The van der Waals surface area contributed by atoms with Crippen molar-refractivity contribution < 1.29 is 9.53 Å². The molecule has 0 atom stereocenters. The van der Waals surface area contributed by atoms with Gasteiger partial charge in [-0.2, -0.15) is 10.2 Å². The van der Waals surface area contributed by atoms with Gasteiger partial charge in [-0.1, -0.05) is 0 Å². The Hall–Kier alpha value is -2.75. The number of ether oxygens (including phenoxy) is 1. The van der Waals surface area contributed by atoms with Gasteiger partial charge in [0.25, 0.3) is 5.56 Å². The molecule has 0 unspecified atom stereocenters. The van der Waals surface area contributed by atoms with Crippen molar-refractivity contribution in [3.05, 3.63) is 54.8 Å². The molecule has 2 rings (SSSR count). The number of methoxy groups -OCH3 is 1. The van der Waals surface area contributed by atoms with Gasteiger partial charge in [0.1, 0.15) is 11.4 Å². The molecule has 9 nitrogen and oxygen atoms in total. The van der Waals surface area contributed by atoms with Crippen LogP contribution in [0.2, 0.25) is 0 Å². The van der Waals surface area contributed by atoms with Crippen molar-refractivity contribution in [2.45, 2.75) is 12.8 Å². The first kappa shape index (κ1) is 17.6. The predicted molar refractivity (Wildman–Crippen MR) is 90.2 cm³/mol. The third kappa shape index (κ3) is 4.88. The van der Waals surface area contributed by atoms with Crippen LogP contribution in [0.3, 0.4) is 0 Å². The van der Waals surface area contributed by atoms with Gasteiger partial charge in [0.2, 0.25) is 5.91 Å². The highest BCUT2D eigenvalue weighted by Crippen LogP contribution is 2.24.